The molecule has 2 N–H and O–H groups in total. The lowest BCUT2D eigenvalue weighted by Gasteiger charge is -2.10. The fourth-order valence-corrected chi connectivity index (χ4v) is 1.81. The molecule has 0 aliphatic carbocycles. The zero-order valence-electron chi connectivity index (χ0n) is 10.6. The van der Waals surface area contributed by atoms with E-state index in [1.807, 2.05) is 0 Å². The van der Waals surface area contributed by atoms with Crippen LogP contribution in [0.5, 0.6) is 0 Å². The minimum absolute atomic E-state index is 0.0288. The van der Waals surface area contributed by atoms with Crippen LogP contribution in [-0.2, 0) is 12.7 Å². The Balaban J connectivity index is 1.84. The second kappa shape index (κ2) is 5.04. The van der Waals surface area contributed by atoms with Gasteiger partial charge in [-0.3, -0.25) is 4.68 Å². The Morgan fingerprint density at radius 2 is 2.14 bits per heavy atom. The number of halogens is 3. The van der Waals surface area contributed by atoms with Gasteiger partial charge in [0.25, 0.3) is 0 Å². The number of aromatic nitrogens is 6. The smallest absolute Gasteiger partial charge is 0.366 e. The molecule has 7 nitrogen and oxygen atoms in total. The minimum Gasteiger partial charge on any atom is -0.366 e. The standard InChI is InChI=1S/C11H10F3N7/c12-11(13,14)10-19-8(7-9(20-10)17-6-16-7)15-3-5-21-4-1-2-18-21/h1-2,4,6H,3,5H2,(H2,15,16,17,19,20). The normalized spacial score (nSPS) is 12.0. The Bertz CT molecular complexity index is 732. The summed E-state index contributed by atoms with van der Waals surface area (Å²) >= 11 is 0. The Kier molecular flexibility index (Phi) is 3.20. The number of hydrogen-bond acceptors (Lipinski definition) is 5. The van der Waals surface area contributed by atoms with Crippen LogP contribution in [0.25, 0.3) is 11.2 Å². The minimum atomic E-state index is -4.62. The highest BCUT2D eigenvalue weighted by molar-refractivity contribution is 5.82. The lowest BCUT2D eigenvalue weighted by Crippen LogP contribution is -2.16. The zero-order chi connectivity index (χ0) is 14.9. The van der Waals surface area contributed by atoms with Gasteiger partial charge in [-0.1, -0.05) is 0 Å². The maximum atomic E-state index is 12.7. The number of nitrogens with zero attached hydrogens (tertiary/aromatic N) is 5. The van der Waals surface area contributed by atoms with Gasteiger partial charge in [-0.15, -0.1) is 0 Å². The molecule has 0 bridgehead atoms. The van der Waals surface area contributed by atoms with Crippen molar-refractivity contribution in [3.8, 4) is 0 Å². The van der Waals surface area contributed by atoms with Crippen LogP contribution in [0.2, 0.25) is 0 Å². The number of rotatable bonds is 4. The molecular weight excluding hydrogens is 287 g/mol. The van der Waals surface area contributed by atoms with Gasteiger partial charge in [0.1, 0.15) is 5.52 Å². The molecule has 0 aliphatic rings. The first kappa shape index (κ1) is 13.3. The van der Waals surface area contributed by atoms with Gasteiger partial charge in [-0.05, 0) is 6.07 Å². The van der Waals surface area contributed by atoms with E-state index in [0.29, 0.717) is 18.6 Å². The van der Waals surface area contributed by atoms with Crippen molar-refractivity contribution in [2.45, 2.75) is 12.7 Å². The topological polar surface area (TPSA) is 84.3 Å². The monoisotopic (exact) mass is 297 g/mol. The average Bonchev–Trinajstić information content (AvgIpc) is 3.07. The van der Waals surface area contributed by atoms with Crippen molar-refractivity contribution in [3.05, 3.63) is 30.6 Å². The van der Waals surface area contributed by atoms with E-state index in [-0.39, 0.29) is 11.5 Å². The van der Waals surface area contributed by atoms with Crippen LogP contribution in [-0.4, -0.2) is 36.3 Å². The van der Waals surface area contributed by atoms with E-state index >= 15 is 0 Å². The maximum Gasteiger partial charge on any atom is 0.451 e. The van der Waals surface area contributed by atoms with Gasteiger partial charge in [-0.25, -0.2) is 15.0 Å². The van der Waals surface area contributed by atoms with Gasteiger partial charge in [0, 0.05) is 18.9 Å². The molecule has 3 heterocycles. The molecule has 21 heavy (non-hydrogen) atoms. The van der Waals surface area contributed by atoms with Crippen LogP contribution in [0.1, 0.15) is 5.82 Å². The predicted molar refractivity (Wildman–Crippen MR) is 67.4 cm³/mol. The second-order valence-corrected chi connectivity index (χ2v) is 4.19. The number of aromatic amines is 1. The van der Waals surface area contributed by atoms with E-state index in [9.17, 15) is 13.2 Å². The summed E-state index contributed by atoms with van der Waals surface area (Å²) in [6.45, 7) is 0.859. The predicted octanol–water partition coefficient (Wildman–Crippen LogP) is 1.68. The molecule has 0 aromatic carbocycles. The van der Waals surface area contributed by atoms with E-state index in [1.165, 1.54) is 6.33 Å². The van der Waals surface area contributed by atoms with Crippen molar-refractivity contribution in [1.82, 2.24) is 29.7 Å². The van der Waals surface area contributed by atoms with Crippen molar-refractivity contribution in [3.63, 3.8) is 0 Å². The second-order valence-electron chi connectivity index (χ2n) is 4.19. The van der Waals surface area contributed by atoms with Crippen LogP contribution in [0.3, 0.4) is 0 Å². The van der Waals surface area contributed by atoms with Gasteiger partial charge >= 0.3 is 6.18 Å². The fourth-order valence-electron chi connectivity index (χ4n) is 1.81. The van der Waals surface area contributed by atoms with Crippen molar-refractivity contribution in [1.29, 1.82) is 0 Å². The van der Waals surface area contributed by atoms with Crippen LogP contribution < -0.4 is 5.32 Å². The highest BCUT2D eigenvalue weighted by Crippen LogP contribution is 2.29. The molecule has 0 amide bonds. The largest absolute Gasteiger partial charge is 0.451 e. The molecule has 0 fully saturated rings. The van der Waals surface area contributed by atoms with Gasteiger partial charge in [0.15, 0.2) is 11.5 Å². The summed E-state index contributed by atoms with van der Waals surface area (Å²) in [6.07, 6.45) is 0.0395. The fraction of sp³-hybridized carbons (Fsp3) is 0.273. The first-order chi connectivity index (χ1) is 10.0. The summed E-state index contributed by atoms with van der Waals surface area (Å²) in [5.41, 5.74) is 0.308. The summed E-state index contributed by atoms with van der Waals surface area (Å²) in [4.78, 5) is 13.4. The third kappa shape index (κ3) is 2.78. The Labute approximate surface area is 116 Å². The van der Waals surface area contributed by atoms with E-state index in [1.54, 1.807) is 23.1 Å². The molecule has 3 rings (SSSR count). The molecule has 0 spiro atoms. The lowest BCUT2D eigenvalue weighted by atomic mass is 10.4. The molecule has 0 aliphatic heterocycles. The van der Waals surface area contributed by atoms with E-state index in [4.69, 9.17) is 0 Å². The number of alkyl halides is 3. The molecule has 0 unspecified atom stereocenters. The van der Waals surface area contributed by atoms with Crippen molar-refractivity contribution >= 4 is 17.0 Å². The summed E-state index contributed by atoms with van der Waals surface area (Å²) in [5.74, 6) is -1.15. The van der Waals surface area contributed by atoms with E-state index in [0.717, 1.165) is 0 Å². The van der Waals surface area contributed by atoms with Gasteiger partial charge in [0.05, 0.1) is 12.9 Å². The van der Waals surface area contributed by atoms with Crippen LogP contribution in [0.15, 0.2) is 24.8 Å². The molecule has 0 atom stereocenters. The Morgan fingerprint density at radius 3 is 2.86 bits per heavy atom. The lowest BCUT2D eigenvalue weighted by molar-refractivity contribution is -0.144. The number of H-pyrrole nitrogens is 1. The number of nitrogens with one attached hydrogen (secondary N) is 2. The Hall–Kier alpha value is -2.65. The van der Waals surface area contributed by atoms with E-state index in [2.05, 4.69) is 30.4 Å². The van der Waals surface area contributed by atoms with Crippen molar-refractivity contribution in [2.24, 2.45) is 0 Å². The van der Waals surface area contributed by atoms with Gasteiger partial charge < -0.3 is 10.3 Å². The van der Waals surface area contributed by atoms with Crippen LogP contribution >= 0.6 is 0 Å². The summed E-state index contributed by atoms with van der Waals surface area (Å²) < 4.78 is 39.9. The van der Waals surface area contributed by atoms with E-state index < -0.39 is 12.0 Å². The zero-order valence-corrected chi connectivity index (χ0v) is 10.6. The quantitative estimate of drug-likeness (QED) is 0.765. The number of hydrogen-bond donors (Lipinski definition) is 2. The molecule has 0 radical (unpaired) electrons. The number of fused-ring (bicyclic) bond motifs is 1. The summed E-state index contributed by atoms with van der Waals surface area (Å²) in [7, 11) is 0. The van der Waals surface area contributed by atoms with Gasteiger partial charge in [-0.2, -0.15) is 18.3 Å². The molecule has 0 saturated heterocycles. The molecule has 110 valence electrons. The van der Waals surface area contributed by atoms with Gasteiger partial charge in [0.2, 0.25) is 5.82 Å². The van der Waals surface area contributed by atoms with Crippen LogP contribution in [0.4, 0.5) is 19.0 Å². The number of imidazole rings is 1. The third-order valence-corrected chi connectivity index (χ3v) is 2.73. The van der Waals surface area contributed by atoms with Crippen molar-refractivity contribution in [2.75, 3.05) is 11.9 Å². The third-order valence-electron chi connectivity index (χ3n) is 2.73. The summed E-state index contributed by atoms with van der Waals surface area (Å²) in [6, 6.07) is 1.76. The maximum absolute atomic E-state index is 12.7. The molecule has 3 aromatic heterocycles. The summed E-state index contributed by atoms with van der Waals surface area (Å²) in [5, 5.41) is 6.84. The first-order valence-electron chi connectivity index (χ1n) is 6.03. The Morgan fingerprint density at radius 1 is 1.29 bits per heavy atom. The molecule has 0 saturated carbocycles. The average molecular weight is 297 g/mol. The van der Waals surface area contributed by atoms with Crippen LogP contribution in [0, 0.1) is 0 Å². The molecule has 10 heteroatoms. The SMILES string of the molecule is FC(F)(F)c1nc(NCCn2cccn2)c2[nH]cnc2n1. The molecular formula is C11H10F3N7. The number of anilines is 1. The first-order valence-corrected chi connectivity index (χ1v) is 6.03. The molecule has 3 aromatic rings. The highest BCUT2D eigenvalue weighted by Gasteiger charge is 2.36. The van der Waals surface area contributed by atoms with Crippen molar-refractivity contribution < 1.29 is 13.2 Å². The highest BCUT2D eigenvalue weighted by atomic mass is 19.4.